The smallest absolute Gasteiger partial charge is 0.326 e. The lowest BCUT2D eigenvalue weighted by atomic mass is 9.95. The van der Waals surface area contributed by atoms with Gasteiger partial charge in [0.15, 0.2) is 0 Å². The number of piperidine rings is 1. The number of carbonyl (C=O) groups is 2. The second kappa shape index (κ2) is 6.18. The number of nitrogens with zero attached hydrogens (tertiary/aromatic N) is 1. The zero-order chi connectivity index (χ0) is 13.0. The highest BCUT2D eigenvalue weighted by atomic mass is 16.5. The van der Waals surface area contributed by atoms with Crippen LogP contribution in [0, 0.1) is 5.92 Å². The molecule has 2 saturated heterocycles. The molecule has 2 fully saturated rings. The summed E-state index contributed by atoms with van der Waals surface area (Å²) in [6.07, 6.45) is 4.84. The Kier molecular flexibility index (Phi) is 4.58. The van der Waals surface area contributed by atoms with E-state index in [-0.39, 0.29) is 11.8 Å². The van der Waals surface area contributed by atoms with Crippen molar-refractivity contribution in [2.24, 2.45) is 5.92 Å². The summed E-state index contributed by atoms with van der Waals surface area (Å²) in [6.45, 7) is 2.01. The summed E-state index contributed by atoms with van der Waals surface area (Å²) in [6, 6.07) is -0.615. The van der Waals surface area contributed by atoms with Gasteiger partial charge in [0.05, 0.1) is 0 Å². The van der Waals surface area contributed by atoms with Crippen molar-refractivity contribution in [3.05, 3.63) is 0 Å². The van der Waals surface area contributed by atoms with E-state index in [1.165, 1.54) is 0 Å². The zero-order valence-electron chi connectivity index (χ0n) is 10.6. The molecule has 102 valence electrons. The quantitative estimate of drug-likeness (QED) is 0.824. The first-order chi connectivity index (χ1) is 8.68. The van der Waals surface area contributed by atoms with E-state index in [1.54, 1.807) is 4.90 Å². The fourth-order valence-corrected chi connectivity index (χ4v) is 2.82. The number of rotatable bonds is 3. The normalized spacial score (nSPS) is 29.0. The third-order valence-electron chi connectivity index (χ3n) is 3.83. The van der Waals surface area contributed by atoms with Gasteiger partial charge in [-0.05, 0) is 38.0 Å². The van der Waals surface area contributed by atoms with Crippen LogP contribution in [0.15, 0.2) is 0 Å². The topological polar surface area (TPSA) is 66.8 Å². The van der Waals surface area contributed by atoms with Gasteiger partial charge >= 0.3 is 5.97 Å². The van der Waals surface area contributed by atoms with Gasteiger partial charge in [0, 0.05) is 26.2 Å². The molecule has 2 aliphatic heterocycles. The highest BCUT2D eigenvalue weighted by Crippen LogP contribution is 2.22. The third-order valence-corrected chi connectivity index (χ3v) is 3.83. The summed E-state index contributed by atoms with van der Waals surface area (Å²) < 4.78 is 5.36. The van der Waals surface area contributed by atoms with Crippen molar-refractivity contribution in [1.82, 2.24) is 4.90 Å². The minimum Gasteiger partial charge on any atom is -0.480 e. The van der Waals surface area contributed by atoms with Crippen LogP contribution in [0.2, 0.25) is 0 Å². The van der Waals surface area contributed by atoms with Gasteiger partial charge in [-0.1, -0.05) is 0 Å². The molecule has 18 heavy (non-hydrogen) atoms. The Bertz CT molecular complexity index is 312. The molecule has 0 aromatic heterocycles. The van der Waals surface area contributed by atoms with Gasteiger partial charge in [0.25, 0.3) is 0 Å². The van der Waals surface area contributed by atoms with E-state index in [9.17, 15) is 9.59 Å². The lowest BCUT2D eigenvalue weighted by Crippen LogP contribution is -2.48. The SMILES string of the molecule is O=C(O)C1CCCCN1C(=O)CC1CCCOC1. The standard InChI is InChI=1S/C13H21NO4/c15-12(8-10-4-3-7-18-9-10)14-6-2-1-5-11(14)13(16)17/h10-11H,1-9H2,(H,16,17). The Labute approximate surface area is 107 Å². The first-order valence-electron chi connectivity index (χ1n) is 6.78. The summed E-state index contributed by atoms with van der Waals surface area (Å²) in [5.41, 5.74) is 0. The molecule has 0 aliphatic carbocycles. The highest BCUT2D eigenvalue weighted by molar-refractivity contribution is 5.84. The first-order valence-corrected chi connectivity index (χ1v) is 6.78. The maximum Gasteiger partial charge on any atom is 0.326 e. The summed E-state index contributed by atoms with van der Waals surface area (Å²) in [5.74, 6) is -0.622. The minimum atomic E-state index is -0.872. The van der Waals surface area contributed by atoms with Gasteiger partial charge in [-0.2, -0.15) is 0 Å². The molecule has 5 heteroatoms. The fourth-order valence-electron chi connectivity index (χ4n) is 2.82. The van der Waals surface area contributed by atoms with Gasteiger partial charge in [-0.15, -0.1) is 0 Å². The molecule has 0 radical (unpaired) electrons. The third kappa shape index (κ3) is 3.22. The van der Waals surface area contributed by atoms with Gasteiger partial charge in [-0.25, -0.2) is 4.79 Å². The fraction of sp³-hybridized carbons (Fsp3) is 0.846. The van der Waals surface area contributed by atoms with Gasteiger partial charge in [0.2, 0.25) is 5.91 Å². The molecule has 1 amide bonds. The molecule has 2 heterocycles. The molecule has 0 aromatic rings. The lowest BCUT2D eigenvalue weighted by Gasteiger charge is -2.34. The van der Waals surface area contributed by atoms with Crippen LogP contribution in [0.5, 0.6) is 0 Å². The molecule has 2 atom stereocenters. The van der Waals surface area contributed by atoms with Crippen LogP contribution >= 0.6 is 0 Å². The van der Waals surface area contributed by atoms with Crippen molar-refractivity contribution >= 4 is 11.9 Å². The Hall–Kier alpha value is -1.10. The van der Waals surface area contributed by atoms with Crippen molar-refractivity contribution in [3.8, 4) is 0 Å². The van der Waals surface area contributed by atoms with Crippen molar-refractivity contribution in [2.45, 2.75) is 44.6 Å². The van der Waals surface area contributed by atoms with Crippen LogP contribution < -0.4 is 0 Å². The first kappa shape index (κ1) is 13.3. The summed E-state index contributed by atoms with van der Waals surface area (Å²) in [7, 11) is 0. The number of hydrogen-bond donors (Lipinski definition) is 1. The summed E-state index contributed by atoms with van der Waals surface area (Å²) in [4.78, 5) is 24.9. The van der Waals surface area contributed by atoms with E-state index in [0.29, 0.717) is 26.0 Å². The largest absolute Gasteiger partial charge is 0.480 e. The summed E-state index contributed by atoms with van der Waals surface area (Å²) in [5, 5.41) is 9.14. The van der Waals surface area contributed by atoms with E-state index >= 15 is 0 Å². The minimum absolute atomic E-state index is 0.0161. The highest BCUT2D eigenvalue weighted by Gasteiger charge is 2.32. The van der Waals surface area contributed by atoms with E-state index in [1.807, 2.05) is 0 Å². The predicted octanol–water partition coefficient (Wildman–Crippen LogP) is 1.27. The number of carbonyl (C=O) groups excluding carboxylic acids is 1. The van der Waals surface area contributed by atoms with E-state index < -0.39 is 12.0 Å². The van der Waals surface area contributed by atoms with Crippen LogP contribution in [0.4, 0.5) is 0 Å². The second-order valence-corrected chi connectivity index (χ2v) is 5.22. The van der Waals surface area contributed by atoms with Crippen LogP contribution in [-0.4, -0.2) is 47.7 Å². The number of aliphatic carboxylic acids is 1. The van der Waals surface area contributed by atoms with E-state index in [0.717, 1.165) is 32.3 Å². The molecule has 5 nitrogen and oxygen atoms in total. The lowest BCUT2D eigenvalue weighted by molar-refractivity contribution is -0.152. The molecular formula is C13H21NO4. The van der Waals surface area contributed by atoms with Crippen LogP contribution in [0.1, 0.15) is 38.5 Å². The second-order valence-electron chi connectivity index (χ2n) is 5.22. The number of carboxylic acids is 1. The van der Waals surface area contributed by atoms with Crippen molar-refractivity contribution in [3.63, 3.8) is 0 Å². The number of amides is 1. The zero-order valence-corrected chi connectivity index (χ0v) is 10.6. The maximum absolute atomic E-state index is 12.2. The van der Waals surface area contributed by atoms with Crippen LogP contribution in [0.25, 0.3) is 0 Å². The Morgan fingerprint density at radius 2 is 2.06 bits per heavy atom. The van der Waals surface area contributed by atoms with Crippen molar-refractivity contribution < 1.29 is 19.4 Å². The molecule has 2 aliphatic rings. The van der Waals surface area contributed by atoms with E-state index in [2.05, 4.69) is 0 Å². The van der Waals surface area contributed by atoms with Crippen LogP contribution in [-0.2, 0) is 14.3 Å². The van der Waals surface area contributed by atoms with Gasteiger partial charge < -0.3 is 14.7 Å². The maximum atomic E-state index is 12.2. The van der Waals surface area contributed by atoms with Crippen molar-refractivity contribution in [1.29, 1.82) is 0 Å². The number of hydrogen-bond acceptors (Lipinski definition) is 3. The molecule has 0 saturated carbocycles. The molecule has 0 spiro atoms. The molecular weight excluding hydrogens is 234 g/mol. The monoisotopic (exact) mass is 255 g/mol. The van der Waals surface area contributed by atoms with Crippen molar-refractivity contribution in [2.75, 3.05) is 19.8 Å². The Morgan fingerprint density at radius 1 is 1.22 bits per heavy atom. The predicted molar refractivity (Wildman–Crippen MR) is 65.1 cm³/mol. The van der Waals surface area contributed by atoms with E-state index in [4.69, 9.17) is 9.84 Å². The average Bonchev–Trinajstić information content (AvgIpc) is 2.40. The van der Waals surface area contributed by atoms with Crippen LogP contribution in [0.3, 0.4) is 0 Å². The Morgan fingerprint density at radius 3 is 2.72 bits per heavy atom. The average molecular weight is 255 g/mol. The number of ether oxygens (including phenoxy) is 1. The molecule has 2 unspecified atom stereocenters. The number of likely N-dealkylation sites (tertiary alicyclic amines) is 1. The molecule has 2 rings (SSSR count). The summed E-state index contributed by atoms with van der Waals surface area (Å²) >= 11 is 0. The molecule has 0 bridgehead atoms. The Balaban J connectivity index is 1.91. The van der Waals surface area contributed by atoms with Gasteiger partial charge in [0.1, 0.15) is 6.04 Å². The molecule has 0 aromatic carbocycles. The molecule has 1 N–H and O–H groups in total. The number of carboxylic acid groups (broad SMARTS) is 1. The van der Waals surface area contributed by atoms with Gasteiger partial charge in [-0.3, -0.25) is 4.79 Å².